The number of hydrogen-bond acceptors (Lipinski definition) is 3. The van der Waals surface area contributed by atoms with Crippen LogP contribution in [-0.2, 0) is 9.53 Å². The van der Waals surface area contributed by atoms with Gasteiger partial charge in [0.25, 0.3) is 5.91 Å². The molecule has 0 spiro atoms. The predicted molar refractivity (Wildman–Crippen MR) is 93.9 cm³/mol. The summed E-state index contributed by atoms with van der Waals surface area (Å²) < 4.78 is 5.21. The number of carbonyl (C=O) groups excluding carboxylic acids is 2. The number of fused-ring (bicyclic) bond motifs is 1. The van der Waals surface area contributed by atoms with Crippen LogP contribution in [-0.4, -0.2) is 18.0 Å². The van der Waals surface area contributed by atoms with Gasteiger partial charge < -0.3 is 10.1 Å². The molecule has 3 aromatic rings. The van der Waals surface area contributed by atoms with Crippen LogP contribution in [0.15, 0.2) is 72.8 Å². The molecule has 0 aliphatic carbocycles. The number of esters is 1. The van der Waals surface area contributed by atoms with Crippen molar-refractivity contribution in [3.05, 3.63) is 78.4 Å². The summed E-state index contributed by atoms with van der Waals surface area (Å²) in [4.78, 5) is 24.2. The standard InChI is InChI=1S/C20H17NO3/c1-14(24-20(23)16-8-3-2-4-9-16)19(22)21-18-12-11-15-7-5-6-10-17(15)13-18/h2-14H,1H3,(H,21,22)/t14-/m0/s1. The van der Waals surface area contributed by atoms with Crippen molar-refractivity contribution in [3.63, 3.8) is 0 Å². The number of benzene rings is 3. The van der Waals surface area contributed by atoms with Crippen molar-refractivity contribution < 1.29 is 14.3 Å². The van der Waals surface area contributed by atoms with Gasteiger partial charge in [0, 0.05) is 5.69 Å². The van der Waals surface area contributed by atoms with E-state index in [1.54, 1.807) is 31.2 Å². The minimum atomic E-state index is -0.885. The van der Waals surface area contributed by atoms with E-state index in [0.29, 0.717) is 11.3 Å². The summed E-state index contributed by atoms with van der Waals surface area (Å²) in [7, 11) is 0. The number of hydrogen-bond donors (Lipinski definition) is 1. The van der Waals surface area contributed by atoms with Crippen LogP contribution in [0.25, 0.3) is 10.8 Å². The minimum absolute atomic E-state index is 0.366. The first-order chi connectivity index (χ1) is 11.6. The summed E-state index contributed by atoms with van der Waals surface area (Å²) in [5.41, 5.74) is 1.09. The zero-order valence-electron chi connectivity index (χ0n) is 13.2. The molecule has 0 saturated heterocycles. The number of ether oxygens (including phenoxy) is 1. The van der Waals surface area contributed by atoms with Crippen molar-refractivity contribution in [3.8, 4) is 0 Å². The molecule has 1 atom stereocenters. The zero-order valence-corrected chi connectivity index (χ0v) is 13.2. The number of nitrogens with one attached hydrogen (secondary N) is 1. The molecule has 0 aromatic heterocycles. The van der Waals surface area contributed by atoms with Crippen molar-refractivity contribution in [2.75, 3.05) is 5.32 Å². The molecule has 0 saturated carbocycles. The second-order valence-corrected chi connectivity index (χ2v) is 5.46. The quantitative estimate of drug-likeness (QED) is 0.739. The van der Waals surface area contributed by atoms with Gasteiger partial charge in [0.2, 0.25) is 0 Å². The fraction of sp³-hybridized carbons (Fsp3) is 0.100. The van der Waals surface area contributed by atoms with Gasteiger partial charge in [-0.15, -0.1) is 0 Å². The van der Waals surface area contributed by atoms with Gasteiger partial charge >= 0.3 is 5.97 Å². The molecule has 0 unspecified atom stereocenters. The van der Waals surface area contributed by atoms with Crippen LogP contribution < -0.4 is 5.32 Å². The normalized spacial score (nSPS) is 11.7. The third kappa shape index (κ3) is 3.60. The predicted octanol–water partition coefficient (Wildman–Crippen LogP) is 4.02. The summed E-state index contributed by atoms with van der Waals surface area (Å²) in [6, 6.07) is 22.1. The number of anilines is 1. The van der Waals surface area contributed by atoms with Crippen molar-refractivity contribution in [1.82, 2.24) is 0 Å². The molecule has 1 N–H and O–H groups in total. The molecule has 0 aliphatic rings. The average Bonchev–Trinajstić information content (AvgIpc) is 2.62. The molecule has 0 fully saturated rings. The van der Waals surface area contributed by atoms with Gasteiger partial charge in [0.05, 0.1) is 5.56 Å². The van der Waals surface area contributed by atoms with Crippen molar-refractivity contribution in [1.29, 1.82) is 0 Å². The Morgan fingerprint density at radius 1 is 0.875 bits per heavy atom. The van der Waals surface area contributed by atoms with Crippen LogP contribution in [0, 0.1) is 0 Å². The van der Waals surface area contributed by atoms with E-state index in [-0.39, 0.29) is 5.91 Å². The summed E-state index contributed by atoms with van der Waals surface area (Å²) in [5, 5.41) is 4.90. The Labute approximate surface area is 140 Å². The maximum atomic E-state index is 12.2. The molecule has 4 nitrogen and oxygen atoms in total. The Hall–Kier alpha value is -3.14. The Morgan fingerprint density at radius 2 is 1.54 bits per heavy atom. The van der Waals surface area contributed by atoms with Crippen LogP contribution in [0.2, 0.25) is 0 Å². The second kappa shape index (κ2) is 6.96. The molecule has 120 valence electrons. The topological polar surface area (TPSA) is 55.4 Å². The molecule has 3 rings (SSSR count). The SMILES string of the molecule is C[C@H](OC(=O)c1ccccc1)C(=O)Nc1ccc2ccccc2c1. The van der Waals surface area contributed by atoms with Gasteiger partial charge in [-0.25, -0.2) is 4.79 Å². The molecular formula is C20H17NO3. The molecular weight excluding hydrogens is 302 g/mol. The lowest BCUT2D eigenvalue weighted by atomic mass is 10.1. The van der Waals surface area contributed by atoms with E-state index < -0.39 is 12.1 Å². The third-order valence-corrected chi connectivity index (χ3v) is 3.68. The first-order valence-electron chi connectivity index (χ1n) is 7.69. The van der Waals surface area contributed by atoms with E-state index in [2.05, 4.69) is 5.32 Å². The fourth-order valence-electron chi connectivity index (χ4n) is 2.37. The van der Waals surface area contributed by atoms with E-state index in [9.17, 15) is 9.59 Å². The van der Waals surface area contributed by atoms with Crippen molar-refractivity contribution in [2.45, 2.75) is 13.0 Å². The highest BCUT2D eigenvalue weighted by atomic mass is 16.5. The van der Waals surface area contributed by atoms with E-state index in [0.717, 1.165) is 10.8 Å². The van der Waals surface area contributed by atoms with Gasteiger partial charge in [0.1, 0.15) is 0 Å². The summed E-state index contributed by atoms with van der Waals surface area (Å²) in [6.07, 6.45) is -0.885. The maximum absolute atomic E-state index is 12.2. The lowest BCUT2D eigenvalue weighted by Crippen LogP contribution is -2.29. The number of rotatable bonds is 4. The highest BCUT2D eigenvalue weighted by molar-refractivity contribution is 5.98. The molecule has 3 aromatic carbocycles. The Morgan fingerprint density at radius 3 is 2.29 bits per heavy atom. The van der Waals surface area contributed by atoms with Gasteiger partial charge in [-0.2, -0.15) is 0 Å². The van der Waals surface area contributed by atoms with Crippen LogP contribution >= 0.6 is 0 Å². The average molecular weight is 319 g/mol. The summed E-state index contributed by atoms with van der Waals surface area (Å²) in [6.45, 7) is 1.55. The second-order valence-electron chi connectivity index (χ2n) is 5.46. The molecule has 0 heterocycles. The van der Waals surface area contributed by atoms with Gasteiger partial charge in [0.15, 0.2) is 6.10 Å². The molecule has 4 heteroatoms. The highest BCUT2D eigenvalue weighted by Crippen LogP contribution is 2.19. The van der Waals surface area contributed by atoms with E-state index in [1.807, 2.05) is 48.5 Å². The molecule has 0 bridgehead atoms. The van der Waals surface area contributed by atoms with Gasteiger partial charge in [-0.1, -0.05) is 48.5 Å². The smallest absolute Gasteiger partial charge is 0.338 e. The molecule has 0 aliphatic heterocycles. The largest absolute Gasteiger partial charge is 0.449 e. The first-order valence-corrected chi connectivity index (χ1v) is 7.69. The monoisotopic (exact) mass is 319 g/mol. The van der Waals surface area contributed by atoms with E-state index in [4.69, 9.17) is 4.74 Å². The summed E-state index contributed by atoms with van der Waals surface area (Å²) in [5.74, 6) is -0.883. The van der Waals surface area contributed by atoms with Gasteiger partial charge in [-0.05, 0) is 42.0 Å². The molecule has 1 amide bonds. The molecule has 24 heavy (non-hydrogen) atoms. The Bertz CT molecular complexity index is 874. The van der Waals surface area contributed by atoms with Crippen LogP contribution in [0.1, 0.15) is 17.3 Å². The maximum Gasteiger partial charge on any atom is 0.338 e. The molecule has 0 radical (unpaired) electrons. The zero-order chi connectivity index (χ0) is 16.9. The third-order valence-electron chi connectivity index (χ3n) is 3.68. The Kier molecular flexibility index (Phi) is 4.57. The van der Waals surface area contributed by atoms with E-state index in [1.165, 1.54) is 0 Å². The fourth-order valence-corrected chi connectivity index (χ4v) is 2.37. The van der Waals surface area contributed by atoms with Crippen LogP contribution in [0.3, 0.4) is 0 Å². The van der Waals surface area contributed by atoms with Crippen LogP contribution in [0.5, 0.6) is 0 Å². The Balaban J connectivity index is 1.66. The van der Waals surface area contributed by atoms with Gasteiger partial charge in [-0.3, -0.25) is 4.79 Å². The van der Waals surface area contributed by atoms with Crippen molar-refractivity contribution >= 4 is 28.3 Å². The number of carbonyl (C=O) groups is 2. The first kappa shape index (κ1) is 15.7. The van der Waals surface area contributed by atoms with E-state index >= 15 is 0 Å². The lowest BCUT2D eigenvalue weighted by molar-refractivity contribution is -0.123. The summed E-state index contributed by atoms with van der Waals surface area (Å²) >= 11 is 0. The van der Waals surface area contributed by atoms with Crippen molar-refractivity contribution in [2.24, 2.45) is 0 Å². The minimum Gasteiger partial charge on any atom is -0.449 e. The highest BCUT2D eigenvalue weighted by Gasteiger charge is 2.18. The van der Waals surface area contributed by atoms with Crippen LogP contribution in [0.4, 0.5) is 5.69 Å². The number of amides is 1. The lowest BCUT2D eigenvalue weighted by Gasteiger charge is -2.14.